The molecular weight excluding hydrogens is 531 g/mol. The number of hydrogen-bond acceptors (Lipinski definition) is 5. The summed E-state index contributed by atoms with van der Waals surface area (Å²) in [5, 5.41) is -0.417. The molecule has 0 fully saturated rings. The lowest BCUT2D eigenvalue weighted by molar-refractivity contribution is -0.137. The molecule has 0 radical (unpaired) electrons. The van der Waals surface area contributed by atoms with E-state index in [2.05, 4.69) is 15.0 Å². The van der Waals surface area contributed by atoms with Gasteiger partial charge in [-0.15, -0.1) is 0 Å². The van der Waals surface area contributed by atoms with Gasteiger partial charge in [-0.2, -0.15) is 13.2 Å². The largest absolute Gasteiger partial charge is 0.439 e. The molecule has 196 valence electrons. The van der Waals surface area contributed by atoms with E-state index < -0.39 is 34.8 Å². The number of nitrogens with zero attached hydrogens (tertiary/aromatic N) is 4. The first-order valence-corrected chi connectivity index (χ1v) is 11.5. The summed E-state index contributed by atoms with van der Waals surface area (Å²) < 4.78 is 70.3. The van der Waals surface area contributed by atoms with Crippen molar-refractivity contribution in [2.45, 2.75) is 19.0 Å². The van der Waals surface area contributed by atoms with Crippen molar-refractivity contribution in [1.82, 2.24) is 15.0 Å². The third kappa shape index (κ3) is 6.41. The van der Waals surface area contributed by atoms with Crippen LogP contribution in [-0.2, 0) is 12.6 Å². The summed E-state index contributed by atoms with van der Waals surface area (Å²) in [4.78, 5) is 25.7. The number of ether oxygens (including phenoxy) is 1. The minimum Gasteiger partial charge on any atom is -0.439 e. The molecule has 1 amide bonds. The highest BCUT2D eigenvalue weighted by Gasteiger charge is 2.31. The first-order valence-electron chi connectivity index (χ1n) is 11.1. The fourth-order valence-electron chi connectivity index (χ4n) is 3.45. The fraction of sp³-hybridized carbons (Fsp3) is 0.154. The second kappa shape index (κ2) is 11.5. The van der Waals surface area contributed by atoms with Gasteiger partial charge in [0.25, 0.3) is 12.3 Å². The molecule has 0 aliphatic rings. The van der Waals surface area contributed by atoms with Crippen LogP contribution in [0.4, 0.5) is 27.8 Å². The monoisotopic (exact) mass is 548 g/mol. The van der Waals surface area contributed by atoms with Gasteiger partial charge in [0.05, 0.1) is 5.56 Å². The van der Waals surface area contributed by atoms with E-state index in [1.807, 2.05) is 0 Å². The molecule has 2 aromatic heterocycles. The quantitative estimate of drug-likeness (QED) is 0.218. The number of carbonyl (C=O) groups excluding carboxylic acids is 1. The third-order valence-electron chi connectivity index (χ3n) is 5.36. The predicted molar refractivity (Wildman–Crippen MR) is 130 cm³/mol. The Morgan fingerprint density at radius 3 is 2.26 bits per heavy atom. The highest BCUT2D eigenvalue weighted by atomic mass is 35.5. The minimum atomic E-state index is -4.50. The first-order chi connectivity index (χ1) is 18.1. The highest BCUT2D eigenvalue weighted by Crippen LogP contribution is 2.33. The molecule has 4 rings (SSSR count). The highest BCUT2D eigenvalue weighted by molar-refractivity contribution is 6.34. The molecule has 0 spiro atoms. The van der Waals surface area contributed by atoms with Gasteiger partial charge in [0.2, 0.25) is 5.88 Å². The third-order valence-corrected chi connectivity index (χ3v) is 5.72. The molecule has 12 heteroatoms. The Kier molecular flexibility index (Phi) is 8.16. The van der Waals surface area contributed by atoms with E-state index in [-0.39, 0.29) is 18.2 Å². The van der Waals surface area contributed by atoms with Crippen LogP contribution in [0.3, 0.4) is 0 Å². The lowest BCUT2D eigenvalue weighted by Gasteiger charge is -2.23. The molecular formula is C26H18ClF5N4O2. The number of hydrogen-bond donors (Lipinski definition) is 0. The molecule has 0 unspecified atom stereocenters. The van der Waals surface area contributed by atoms with Gasteiger partial charge in [-0.3, -0.25) is 9.69 Å². The summed E-state index contributed by atoms with van der Waals surface area (Å²) in [5.41, 5.74) is -0.503. The lowest BCUT2D eigenvalue weighted by Crippen LogP contribution is -2.34. The summed E-state index contributed by atoms with van der Waals surface area (Å²) >= 11 is 6.16. The zero-order chi connectivity index (χ0) is 27.3. The molecule has 0 saturated carbocycles. The van der Waals surface area contributed by atoms with Crippen molar-refractivity contribution in [3.8, 4) is 11.6 Å². The standard InChI is InChI=1S/C26H18ClF5N4O2/c27-21-22(23(28)29)34-15-35-24(21)36(25(37)17-4-2-1-3-5-17)13-12-16-6-9-19(10-7-16)38-20-11-8-18(14-33-20)26(30,31)32/h1-11,14-15,23H,12-13H2. The van der Waals surface area contributed by atoms with Gasteiger partial charge in [0, 0.05) is 24.4 Å². The normalized spacial score (nSPS) is 11.4. The van der Waals surface area contributed by atoms with Crippen molar-refractivity contribution in [3.63, 3.8) is 0 Å². The maximum atomic E-state index is 13.4. The van der Waals surface area contributed by atoms with Crippen molar-refractivity contribution in [3.05, 3.63) is 107 Å². The van der Waals surface area contributed by atoms with Crippen molar-refractivity contribution in [1.29, 1.82) is 0 Å². The van der Waals surface area contributed by atoms with Crippen LogP contribution in [-0.4, -0.2) is 27.4 Å². The fourth-order valence-corrected chi connectivity index (χ4v) is 3.73. The number of amides is 1. The SMILES string of the molecule is O=C(c1ccccc1)N(CCc1ccc(Oc2ccc(C(F)(F)F)cn2)cc1)c1ncnc(C(F)F)c1Cl. The Labute approximate surface area is 218 Å². The van der Waals surface area contributed by atoms with E-state index >= 15 is 0 Å². The molecule has 0 aliphatic carbocycles. The van der Waals surface area contributed by atoms with Gasteiger partial charge < -0.3 is 4.74 Å². The van der Waals surface area contributed by atoms with E-state index in [4.69, 9.17) is 16.3 Å². The molecule has 0 aliphatic heterocycles. The number of pyridine rings is 1. The smallest absolute Gasteiger partial charge is 0.417 e. The number of benzene rings is 2. The minimum absolute atomic E-state index is 0.0152. The van der Waals surface area contributed by atoms with Gasteiger partial charge in [-0.1, -0.05) is 41.9 Å². The molecule has 2 aromatic carbocycles. The van der Waals surface area contributed by atoms with Gasteiger partial charge in [0.15, 0.2) is 5.82 Å². The van der Waals surface area contributed by atoms with Crippen LogP contribution in [0.2, 0.25) is 5.02 Å². The Morgan fingerprint density at radius 2 is 1.66 bits per heavy atom. The first kappa shape index (κ1) is 26.9. The Bertz CT molecular complexity index is 1390. The summed E-state index contributed by atoms with van der Waals surface area (Å²) in [5.74, 6) is -0.309. The zero-order valence-electron chi connectivity index (χ0n) is 19.4. The number of carbonyl (C=O) groups is 1. The van der Waals surface area contributed by atoms with Gasteiger partial charge in [0.1, 0.15) is 22.8 Å². The Balaban J connectivity index is 1.51. The van der Waals surface area contributed by atoms with Crippen molar-refractivity contribution in [2.75, 3.05) is 11.4 Å². The van der Waals surface area contributed by atoms with Crippen molar-refractivity contribution in [2.24, 2.45) is 0 Å². The molecule has 0 atom stereocenters. The van der Waals surface area contributed by atoms with Gasteiger partial charge >= 0.3 is 6.18 Å². The molecule has 38 heavy (non-hydrogen) atoms. The number of halogens is 6. The molecule has 6 nitrogen and oxygen atoms in total. The number of rotatable bonds is 8. The maximum absolute atomic E-state index is 13.4. The van der Waals surface area contributed by atoms with E-state index in [0.29, 0.717) is 23.9 Å². The number of alkyl halides is 5. The van der Waals surface area contributed by atoms with Crippen molar-refractivity contribution < 1.29 is 31.5 Å². The molecule has 0 saturated heterocycles. The van der Waals surface area contributed by atoms with Gasteiger partial charge in [-0.25, -0.2) is 23.7 Å². The Hall–Kier alpha value is -4.12. The second-order valence-corrected chi connectivity index (χ2v) is 8.28. The van der Waals surface area contributed by atoms with Crippen LogP contribution in [0, 0.1) is 0 Å². The van der Waals surface area contributed by atoms with Gasteiger partial charge in [-0.05, 0) is 42.3 Å². The van der Waals surface area contributed by atoms with E-state index in [0.717, 1.165) is 24.0 Å². The number of anilines is 1. The number of aromatic nitrogens is 3. The zero-order valence-corrected chi connectivity index (χ0v) is 20.1. The van der Waals surface area contributed by atoms with Crippen LogP contribution in [0.1, 0.15) is 33.6 Å². The average molecular weight is 549 g/mol. The Morgan fingerprint density at radius 1 is 0.947 bits per heavy atom. The predicted octanol–water partition coefficient (Wildman–Crippen LogP) is 7.16. The van der Waals surface area contributed by atoms with E-state index in [1.54, 1.807) is 54.6 Å². The summed E-state index contributed by atoms with van der Waals surface area (Å²) in [7, 11) is 0. The molecule has 4 aromatic rings. The molecule has 0 N–H and O–H groups in total. The summed E-state index contributed by atoms with van der Waals surface area (Å²) in [6, 6.07) is 16.8. The van der Waals surface area contributed by atoms with Crippen molar-refractivity contribution >= 4 is 23.3 Å². The van der Waals surface area contributed by atoms with Crippen LogP contribution in [0.15, 0.2) is 79.3 Å². The summed E-state index contributed by atoms with van der Waals surface area (Å²) in [6.07, 6.45) is -5.55. The molecule has 0 bridgehead atoms. The van der Waals surface area contributed by atoms with Crippen LogP contribution < -0.4 is 9.64 Å². The van der Waals surface area contributed by atoms with E-state index in [9.17, 15) is 26.7 Å². The van der Waals surface area contributed by atoms with Crippen LogP contribution >= 0.6 is 11.6 Å². The summed E-state index contributed by atoms with van der Waals surface area (Å²) in [6.45, 7) is 0.0494. The molecule has 2 heterocycles. The second-order valence-electron chi connectivity index (χ2n) is 7.90. The van der Waals surface area contributed by atoms with Crippen LogP contribution in [0.5, 0.6) is 11.6 Å². The maximum Gasteiger partial charge on any atom is 0.417 e. The van der Waals surface area contributed by atoms with E-state index in [1.165, 1.54) is 4.90 Å². The lowest BCUT2D eigenvalue weighted by atomic mass is 10.1. The van der Waals surface area contributed by atoms with Crippen LogP contribution in [0.25, 0.3) is 0 Å². The average Bonchev–Trinajstić information content (AvgIpc) is 2.90. The topological polar surface area (TPSA) is 68.2 Å².